The molecule has 0 aromatic heterocycles. The minimum Gasteiger partial charge on any atom is -0.369 e. The van der Waals surface area contributed by atoms with E-state index < -0.39 is 0 Å². The van der Waals surface area contributed by atoms with E-state index in [1.807, 2.05) is 30.3 Å². The topological polar surface area (TPSA) is 44.9 Å². The second-order valence-electron chi connectivity index (χ2n) is 4.92. The predicted octanol–water partition coefficient (Wildman–Crippen LogP) is 1.66. The maximum atomic E-state index is 6.06. The molecular formula is C14H22N4. The van der Waals surface area contributed by atoms with Crippen LogP contribution in [0.3, 0.4) is 0 Å². The normalized spacial score (nSPS) is 18.4. The minimum absolute atomic E-state index is 0.611. The van der Waals surface area contributed by atoms with Gasteiger partial charge in [-0.15, -0.1) is 0 Å². The van der Waals surface area contributed by atoms with Crippen molar-refractivity contribution in [1.82, 2.24) is 9.80 Å². The SMILES string of the molecule is CC(C)N1CCN(C(N)=Nc2ccccc2)CC1. The lowest BCUT2D eigenvalue weighted by Crippen LogP contribution is -2.52. The molecule has 1 aliphatic rings. The number of nitrogens with zero attached hydrogens (tertiary/aromatic N) is 3. The molecule has 4 heteroatoms. The molecule has 1 saturated heterocycles. The summed E-state index contributed by atoms with van der Waals surface area (Å²) in [6.45, 7) is 8.50. The van der Waals surface area contributed by atoms with E-state index in [1.165, 1.54) is 0 Å². The Bertz CT molecular complexity index is 392. The minimum atomic E-state index is 0.611. The Morgan fingerprint density at radius 2 is 1.72 bits per heavy atom. The highest BCUT2D eigenvalue weighted by atomic mass is 15.3. The molecule has 1 fully saturated rings. The van der Waals surface area contributed by atoms with Gasteiger partial charge in [-0.1, -0.05) is 18.2 Å². The highest BCUT2D eigenvalue weighted by Gasteiger charge is 2.19. The molecule has 0 aliphatic carbocycles. The lowest BCUT2D eigenvalue weighted by molar-refractivity contribution is 0.148. The summed E-state index contributed by atoms with van der Waals surface area (Å²) in [6, 6.07) is 10.5. The van der Waals surface area contributed by atoms with E-state index in [0.717, 1.165) is 31.9 Å². The van der Waals surface area contributed by atoms with Crippen LogP contribution in [0, 0.1) is 0 Å². The Kier molecular flexibility index (Phi) is 4.20. The predicted molar refractivity (Wildman–Crippen MR) is 76.0 cm³/mol. The van der Waals surface area contributed by atoms with Crippen LogP contribution in [0.4, 0.5) is 5.69 Å². The first kappa shape index (κ1) is 12.9. The van der Waals surface area contributed by atoms with Crippen molar-refractivity contribution in [3.8, 4) is 0 Å². The summed E-state index contributed by atoms with van der Waals surface area (Å²) in [5.74, 6) is 0.629. The number of hydrogen-bond acceptors (Lipinski definition) is 2. The Balaban J connectivity index is 1.95. The number of guanidine groups is 1. The van der Waals surface area contributed by atoms with Gasteiger partial charge in [-0.3, -0.25) is 4.90 Å². The van der Waals surface area contributed by atoms with E-state index in [0.29, 0.717) is 12.0 Å². The quantitative estimate of drug-likeness (QED) is 0.637. The zero-order valence-electron chi connectivity index (χ0n) is 11.2. The van der Waals surface area contributed by atoms with Gasteiger partial charge in [-0.05, 0) is 26.0 Å². The molecule has 1 heterocycles. The Morgan fingerprint density at radius 3 is 2.28 bits per heavy atom. The van der Waals surface area contributed by atoms with Crippen LogP contribution in [-0.4, -0.2) is 48.0 Å². The van der Waals surface area contributed by atoms with Crippen LogP contribution in [0.2, 0.25) is 0 Å². The summed E-state index contributed by atoms with van der Waals surface area (Å²) in [5, 5.41) is 0. The molecule has 0 bridgehead atoms. The fraction of sp³-hybridized carbons (Fsp3) is 0.500. The lowest BCUT2D eigenvalue weighted by atomic mass is 10.2. The van der Waals surface area contributed by atoms with Crippen LogP contribution in [0.1, 0.15) is 13.8 Å². The van der Waals surface area contributed by atoms with Crippen molar-refractivity contribution in [3.63, 3.8) is 0 Å². The van der Waals surface area contributed by atoms with Gasteiger partial charge in [0, 0.05) is 32.2 Å². The van der Waals surface area contributed by atoms with Crippen molar-refractivity contribution >= 4 is 11.6 Å². The smallest absolute Gasteiger partial charge is 0.196 e. The number of rotatable bonds is 2. The van der Waals surface area contributed by atoms with Crippen molar-refractivity contribution < 1.29 is 0 Å². The lowest BCUT2D eigenvalue weighted by Gasteiger charge is -2.37. The number of nitrogens with two attached hydrogens (primary N) is 1. The first-order valence-electron chi connectivity index (χ1n) is 6.55. The summed E-state index contributed by atoms with van der Waals surface area (Å²) in [4.78, 5) is 9.08. The third kappa shape index (κ3) is 3.23. The molecule has 0 amide bonds. The largest absolute Gasteiger partial charge is 0.369 e. The number of benzene rings is 1. The highest BCUT2D eigenvalue weighted by Crippen LogP contribution is 2.11. The standard InChI is InChI=1S/C14H22N4/c1-12(2)17-8-10-18(11-9-17)14(15)16-13-6-4-3-5-7-13/h3-7,12H,8-11H2,1-2H3,(H2,15,16). The van der Waals surface area contributed by atoms with Crippen molar-refractivity contribution in [3.05, 3.63) is 30.3 Å². The van der Waals surface area contributed by atoms with Gasteiger partial charge in [0.05, 0.1) is 5.69 Å². The van der Waals surface area contributed by atoms with Gasteiger partial charge >= 0.3 is 0 Å². The Hall–Kier alpha value is -1.55. The molecule has 98 valence electrons. The van der Waals surface area contributed by atoms with E-state index in [9.17, 15) is 0 Å². The first-order chi connectivity index (χ1) is 8.66. The second kappa shape index (κ2) is 5.87. The van der Waals surface area contributed by atoms with E-state index in [-0.39, 0.29) is 0 Å². The monoisotopic (exact) mass is 246 g/mol. The summed E-state index contributed by atoms with van der Waals surface area (Å²) in [6.07, 6.45) is 0. The molecule has 0 radical (unpaired) electrons. The van der Waals surface area contributed by atoms with Gasteiger partial charge < -0.3 is 10.6 Å². The highest BCUT2D eigenvalue weighted by molar-refractivity contribution is 5.81. The molecule has 1 aliphatic heterocycles. The van der Waals surface area contributed by atoms with Crippen LogP contribution < -0.4 is 5.73 Å². The van der Waals surface area contributed by atoms with Crippen molar-refractivity contribution in [2.45, 2.75) is 19.9 Å². The molecule has 2 N–H and O–H groups in total. The number of hydrogen-bond donors (Lipinski definition) is 1. The van der Waals surface area contributed by atoms with Crippen molar-refractivity contribution in [1.29, 1.82) is 0 Å². The zero-order valence-corrected chi connectivity index (χ0v) is 11.2. The third-order valence-corrected chi connectivity index (χ3v) is 3.37. The average molecular weight is 246 g/mol. The number of aliphatic imine (C=N–C) groups is 1. The van der Waals surface area contributed by atoms with Gasteiger partial charge in [0.2, 0.25) is 0 Å². The second-order valence-corrected chi connectivity index (χ2v) is 4.92. The van der Waals surface area contributed by atoms with Crippen molar-refractivity contribution in [2.24, 2.45) is 10.7 Å². The molecular weight excluding hydrogens is 224 g/mol. The van der Waals surface area contributed by atoms with Crippen LogP contribution in [0.15, 0.2) is 35.3 Å². The van der Waals surface area contributed by atoms with Gasteiger partial charge in [0.25, 0.3) is 0 Å². The Morgan fingerprint density at radius 1 is 1.11 bits per heavy atom. The molecule has 0 unspecified atom stereocenters. The molecule has 0 atom stereocenters. The van der Waals surface area contributed by atoms with E-state index in [4.69, 9.17) is 5.73 Å². The third-order valence-electron chi connectivity index (χ3n) is 3.37. The fourth-order valence-electron chi connectivity index (χ4n) is 2.17. The van der Waals surface area contributed by atoms with Crippen LogP contribution in [-0.2, 0) is 0 Å². The molecule has 1 aromatic rings. The molecule has 18 heavy (non-hydrogen) atoms. The molecule has 4 nitrogen and oxygen atoms in total. The van der Waals surface area contributed by atoms with Gasteiger partial charge in [-0.25, -0.2) is 4.99 Å². The molecule has 0 spiro atoms. The summed E-state index contributed by atoms with van der Waals surface area (Å²) < 4.78 is 0. The van der Waals surface area contributed by atoms with Gasteiger partial charge in [0.15, 0.2) is 5.96 Å². The Labute approximate surface area is 109 Å². The summed E-state index contributed by atoms with van der Waals surface area (Å²) >= 11 is 0. The summed E-state index contributed by atoms with van der Waals surface area (Å²) in [5.41, 5.74) is 6.98. The van der Waals surface area contributed by atoms with Crippen LogP contribution in [0.5, 0.6) is 0 Å². The molecule has 2 rings (SSSR count). The average Bonchev–Trinajstić information content (AvgIpc) is 2.40. The van der Waals surface area contributed by atoms with E-state index in [2.05, 4.69) is 28.6 Å². The first-order valence-corrected chi connectivity index (χ1v) is 6.55. The summed E-state index contributed by atoms with van der Waals surface area (Å²) in [7, 11) is 0. The van der Waals surface area contributed by atoms with Crippen molar-refractivity contribution in [2.75, 3.05) is 26.2 Å². The zero-order chi connectivity index (χ0) is 13.0. The van der Waals surface area contributed by atoms with Gasteiger partial charge in [-0.2, -0.15) is 0 Å². The fourth-order valence-corrected chi connectivity index (χ4v) is 2.17. The number of piperazine rings is 1. The number of para-hydroxylation sites is 1. The van der Waals surface area contributed by atoms with E-state index in [1.54, 1.807) is 0 Å². The van der Waals surface area contributed by atoms with Crippen LogP contribution >= 0.6 is 0 Å². The molecule has 1 aromatic carbocycles. The maximum Gasteiger partial charge on any atom is 0.196 e. The molecule has 0 saturated carbocycles. The van der Waals surface area contributed by atoms with Crippen LogP contribution in [0.25, 0.3) is 0 Å². The van der Waals surface area contributed by atoms with Gasteiger partial charge in [0.1, 0.15) is 0 Å². The maximum absolute atomic E-state index is 6.06. The van der Waals surface area contributed by atoms with E-state index >= 15 is 0 Å².